The second-order valence-corrected chi connectivity index (χ2v) is 4.77. The minimum atomic E-state index is 1.39. The van der Waals surface area contributed by atoms with Crippen LogP contribution in [0.2, 0.25) is 0 Å². The second-order valence-electron chi connectivity index (χ2n) is 2.74. The molecule has 0 saturated heterocycles. The van der Waals surface area contributed by atoms with E-state index in [9.17, 15) is 0 Å². The lowest BCUT2D eigenvalue weighted by atomic mass is 10.1. The van der Waals surface area contributed by atoms with Crippen LogP contribution in [0.5, 0.6) is 0 Å². The molecule has 0 nitrogen and oxygen atoms in total. The van der Waals surface area contributed by atoms with Crippen LogP contribution in [0.1, 0.15) is 10.4 Å². The van der Waals surface area contributed by atoms with Crippen molar-refractivity contribution in [1.29, 1.82) is 0 Å². The molecule has 0 amide bonds. The van der Waals surface area contributed by atoms with Crippen LogP contribution in [0.25, 0.3) is 21.9 Å². The third kappa shape index (κ3) is 0.822. The van der Waals surface area contributed by atoms with Gasteiger partial charge >= 0.3 is 0 Å². The summed E-state index contributed by atoms with van der Waals surface area (Å²) in [6.45, 7) is 0. The van der Waals surface area contributed by atoms with Crippen molar-refractivity contribution in [3.63, 3.8) is 0 Å². The Morgan fingerprint density at radius 2 is 2.08 bits per heavy atom. The van der Waals surface area contributed by atoms with Gasteiger partial charge in [0.15, 0.2) is 0 Å². The predicted octanol–water partition coefficient (Wildman–Crippen LogP) is 3.96. The highest BCUT2D eigenvalue weighted by Crippen LogP contribution is 2.39. The third-order valence-electron chi connectivity index (χ3n) is 1.97. The van der Waals surface area contributed by atoms with Gasteiger partial charge in [0.1, 0.15) is 0 Å². The lowest BCUT2D eigenvalue weighted by molar-refractivity contribution is 1.78. The van der Waals surface area contributed by atoms with E-state index in [0.717, 1.165) is 0 Å². The molecule has 0 radical (unpaired) electrons. The van der Waals surface area contributed by atoms with E-state index in [1.54, 1.807) is 0 Å². The Morgan fingerprint density at radius 1 is 1.08 bits per heavy atom. The molecule has 0 spiro atoms. The molecule has 12 heavy (non-hydrogen) atoms. The summed E-state index contributed by atoms with van der Waals surface area (Å²) in [5, 5.41) is 2.12. The highest BCUT2D eigenvalue weighted by atomic mass is 32.1. The largest absolute Gasteiger partial charge is 0.143 e. The molecular weight excluding hydrogens is 184 g/mol. The highest BCUT2D eigenvalue weighted by molar-refractivity contribution is 7.22. The Labute approximate surface area is 78.8 Å². The van der Waals surface area contributed by atoms with Crippen molar-refractivity contribution in [2.24, 2.45) is 0 Å². The van der Waals surface area contributed by atoms with Crippen LogP contribution in [0.4, 0.5) is 0 Å². The molecule has 0 aliphatic heterocycles. The number of fused-ring (bicyclic) bond motifs is 1. The van der Waals surface area contributed by atoms with Gasteiger partial charge in [-0.25, -0.2) is 0 Å². The van der Waals surface area contributed by atoms with E-state index in [0.29, 0.717) is 0 Å². The molecule has 0 N–H and O–H groups in total. The minimum absolute atomic E-state index is 1.39. The average molecular weight is 190 g/mol. The number of hydrogen-bond donors (Lipinski definition) is 0. The van der Waals surface area contributed by atoms with Crippen molar-refractivity contribution in [3.05, 3.63) is 34.0 Å². The van der Waals surface area contributed by atoms with Gasteiger partial charge < -0.3 is 0 Å². The number of rotatable bonds is 1. The molecule has 0 fully saturated rings. The standard InChI is InChI=1S/C10H6S2/c1-2-9(11-5-1)10-6-7-3-4-8(7)12-10/h1-6H. The maximum absolute atomic E-state index is 2.27. The van der Waals surface area contributed by atoms with Crippen LogP contribution in [0.3, 0.4) is 0 Å². The Hall–Kier alpha value is -0.860. The van der Waals surface area contributed by atoms with Gasteiger partial charge in [-0.05, 0) is 29.2 Å². The van der Waals surface area contributed by atoms with E-state index in [-0.39, 0.29) is 0 Å². The van der Waals surface area contributed by atoms with Crippen LogP contribution in [-0.4, -0.2) is 0 Å². The first kappa shape index (κ1) is 6.63. The number of thiophene rings is 2. The van der Waals surface area contributed by atoms with Gasteiger partial charge in [-0.2, -0.15) is 0 Å². The molecule has 0 aromatic carbocycles. The lowest BCUT2D eigenvalue weighted by Gasteiger charge is -1.97. The summed E-state index contributed by atoms with van der Waals surface area (Å²) >= 11 is 3.69. The molecule has 0 saturated carbocycles. The molecular formula is C10H6S2. The molecule has 0 bridgehead atoms. The molecule has 2 aromatic rings. The van der Waals surface area contributed by atoms with Crippen LogP contribution in [-0.2, 0) is 0 Å². The average Bonchev–Trinajstić information content (AvgIpc) is 2.61. The van der Waals surface area contributed by atoms with E-state index in [4.69, 9.17) is 0 Å². The zero-order valence-electron chi connectivity index (χ0n) is 6.28. The first-order chi connectivity index (χ1) is 5.93. The monoisotopic (exact) mass is 190 g/mol. The quantitative estimate of drug-likeness (QED) is 0.545. The molecule has 0 unspecified atom stereocenters. The fourth-order valence-corrected chi connectivity index (χ4v) is 3.17. The van der Waals surface area contributed by atoms with Crippen molar-refractivity contribution in [3.8, 4) is 9.75 Å². The van der Waals surface area contributed by atoms with Crippen molar-refractivity contribution >= 4 is 34.8 Å². The lowest BCUT2D eigenvalue weighted by Crippen LogP contribution is -1.76. The summed E-state index contributed by atoms with van der Waals surface area (Å²) in [6.07, 6.45) is 4.35. The molecule has 0 atom stereocenters. The second kappa shape index (κ2) is 2.31. The fourth-order valence-electron chi connectivity index (χ4n) is 1.29. The normalized spacial score (nSPS) is 12.7. The molecule has 1 aliphatic carbocycles. The fraction of sp³-hybridized carbons (Fsp3) is 0. The van der Waals surface area contributed by atoms with E-state index in [1.807, 2.05) is 22.7 Å². The van der Waals surface area contributed by atoms with Gasteiger partial charge in [0.05, 0.1) is 0 Å². The van der Waals surface area contributed by atoms with Gasteiger partial charge in [0.25, 0.3) is 0 Å². The molecule has 2 aromatic heterocycles. The van der Waals surface area contributed by atoms with Crippen LogP contribution >= 0.6 is 22.7 Å². The summed E-state index contributed by atoms with van der Waals surface area (Å²) in [5.74, 6) is 0. The van der Waals surface area contributed by atoms with Crippen molar-refractivity contribution in [1.82, 2.24) is 0 Å². The summed E-state index contributed by atoms with van der Waals surface area (Å²) in [7, 11) is 0. The van der Waals surface area contributed by atoms with Crippen molar-refractivity contribution in [2.75, 3.05) is 0 Å². The van der Waals surface area contributed by atoms with E-state index >= 15 is 0 Å². The van der Waals surface area contributed by atoms with Gasteiger partial charge in [0.2, 0.25) is 0 Å². The zero-order valence-corrected chi connectivity index (χ0v) is 7.91. The topological polar surface area (TPSA) is 0 Å². The zero-order chi connectivity index (χ0) is 7.97. The van der Waals surface area contributed by atoms with Crippen LogP contribution in [0.15, 0.2) is 23.6 Å². The SMILES string of the molecule is C1=Cc2sc(-c3cccs3)cc21. The maximum atomic E-state index is 2.27. The Bertz CT molecular complexity index is 409. The molecule has 1 aliphatic rings. The Kier molecular flexibility index (Phi) is 1.28. The summed E-state index contributed by atoms with van der Waals surface area (Å²) in [5.41, 5.74) is 1.41. The summed E-state index contributed by atoms with van der Waals surface area (Å²) in [6, 6.07) is 6.55. The first-order valence-electron chi connectivity index (χ1n) is 3.79. The van der Waals surface area contributed by atoms with Gasteiger partial charge in [0, 0.05) is 14.6 Å². The molecule has 58 valence electrons. The van der Waals surface area contributed by atoms with Crippen molar-refractivity contribution < 1.29 is 0 Å². The summed E-state index contributed by atoms with van der Waals surface area (Å²) in [4.78, 5) is 4.22. The van der Waals surface area contributed by atoms with Gasteiger partial charge in [-0.15, -0.1) is 22.7 Å². The number of hydrogen-bond acceptors (Lipinski definition) is 2. The van der Waals surface area contributed by atoms with Gasteiger partial charge in [-0.1, -0.05) is 12.1 Å². The van der Waals surface area contributed by atoms with Crippen LogP contribution < -0.4 is 0 Å². The van der Waals surface area contributed by atoms with E-state index < -0.39 is 0 Å². The first-order valence-corrected chi connectivity index (χ1v) is 5.49. The Balaban J connectivity index is 2.14. The summed E-state index contributed by atoms with van der Waals surface area (Å²) < 4.78 is 0. The highest BCUT2D eigenvalue weighted by Gasteiger charge is 2.11. The van der Waals surface area contributed by atoms with Gasteiger partial charge in [-0.3, -0.25) is 0 Å². The van der Waals surface area contributed by atoms with E-state index in [2.05, 4.69) is 35.7 Å². The van der Waals surface area contributed by atoms with Crippen LogP contribution in [0, 0.1) is 0 Å². The molecule has 2 heterocycles. The Morgan fingerprint density at radius 3 is 2.58 bits per heavy atom. The third-order valence-corrected chi connectivity index (χ3v) is 4.15. The molecule has 2 heteroatoms. The van der Waals surface area contributed by atoms with E-state index in [1.165, 1.54) is 20.2 Å². The molecule has 3 rings (SSSR count). The maximum Gasteiger partial charge on any atom is 0.0455 e. The minimum Gasteiger partial charge on any atom is -0.143 e. The predicted molar refractivity (Wildman–Crippen MR) is 56.6 cm³/mol. The van der Waals surface area contributed by atoms with Crippen molar-refractivity contribution in [2.45, 2.75) is 0 Å². The smallest absolute Gasteiger partial charge is 0.0455 e.